The van der Waals surface area contributed by atoms with Crippen molar-refractivity contribution in [3.05, 3.63) is 133 Å². The van der Waals surface area contributed by atoms with Gasteiger partial charge in [-0.2, -0.15) is 0 Å². The fourth-order valence-electron chi connectivity index (χ4n) is 9.17. The van der Waals surface area contributed by atoms with Gasteiger partial charge in [0.2, 0.25) is 0 Å². The Morgan fingerprint density at radius 1 is 0.698 bits per heavy atom. The number of hydrogen-bond donors (Lipinski definition) is 0. The van der Waals surface area contributed by atoms with Gasteiger partial charge in [0.1, 0.15) is 6.10 Å². The zero-order chi connectivity index (χ0) is 37.7. The molecule has 0 aromatic heterocycles. The van der Waals surface area contributed by atoms with Crippen LogP contribution in [-0.4, -0.2) is 40.9 Å². The summed E-state index contributed by atoms with van der Waals surface area (Å²) >= 11 is 0. The van der Waals surface area contributed by atoms with Crippen LogP contribution in [0.2, 0.25) is 10.1 Å². The van der Waals surface area contributed by atoms with Gasteiger partial charge < -0.3 is 13.6 Å². The Bertz CT molecular complexity index is 1700. The van der Waals surface area contributed by atoms with Crippen LogP contribution >= 0.6 is 0 Å². The topological polar surface area (TPSA) is 44.8 Å². The quantitative estimate of drug-likeness (QED) is 0.0560. The number of unbranched alkanes of at least 4 members (excludes halogenated alkanes) is 2. The third kappa shape index (κ3) is 7.98. The molecule has 2 fully saturated rings. The first-order valence-electron chi connectivity index (χ1n) is 19.9. The van der Waals surface area contributed by atoms with E-state index in [4.69, 9.17) is 13.6 Å². The molecule has 4 aromatic rings. The summed E-state index contributed by atoms with van der Waals surface area (Å²) in [5.41, 5.74) is 0. The van der Waals surface area contributed by atoms with Crippen molar-refractivity contribution in [2.24, 2.45) is 11.8 Å². The number of ether oxygens (including phenoxy) is 1. The molecular formula is C47H60O4Si2. The van der Waals surface area contributed by atoms with Crippen LogP contribution in [0.15, 0.2) is 133 Å². The maximum absolute atomic E-state index is 12.8. The first-order valence-corrected chi connectivity index (χ1v) is 23.7. The molecule has 0 spiro atoms. The molecule has 0 radical (unpaired) electrons. The van der Waals surface area contributed by atoms with Gasteiger partial charge in [-0.25, -0.2) is 0 Å². The second-order valence-corrected chi connectivity index (χ2v) is 25.7. The van der Waals surface area contributed by atoms with Crippen molar-refractivity contribution in [2.45, 2.75) is 115 Å². The third-order valence-electron chi connectivity index (χ3n) is 11.7. The van der Waals surface area contributed by atoms with Crippen molar-refractivity contribution < 1.29 is 18.4 Å². The van der Waals surface area contributed by atoms with Gasteiger partial charge in [0.25, 0.3) is 16.6 Å². The molecule has 5 atom stereocenters. The first kappa shape index (κ1) is 39.1. The summed E-state index contributed by atoms with van der Waals surface area (Å²) in [5.74, 6) is 0.000932. The van der Waals surface area contributed by atoms with Crippen LogP contribution in [0.4, 0.5) is 0 Å². The molecule has 4 unspecified atom stereocenters. The molecule has 1 heterocycles. The molecule has 280 valence electrons. The highest BCUT2D eigenvalue weighted by atomic mass is 28.4. The van der Waals surface area contributed by atoms with E-state index >= 15 is 0 Å². The van der Waals surface area contributed by atoms with E-state index in [-0.39, 0.29) is 46.2 Å². The predicted octanol–water partition coefficient (Wildman–Crippen LogP) is 8.96. The van der Waals surface area contributed by atoms with Crippen molar-refractivity contribution in [3.8, 4) is 0 Å². The summed E-state index contributed by atoms with van der Waals surface area (Å²) in [6.45, 7) is 16.3. The Labute approximate surface area is 321 Å². The van der Waals surface area contributed by atoms with Gasteiger partial charge in [-0.15, -0.1) is 0 Å². The molecule has 4 nitrogen and oxygen atoms in total. The van der Waals surface area contributed by atoms with E-state index < -0.39 is 16.6 Å². The van der Waals surface area contributed by atoms with Gasteiger partial charge >= 0.3 is 5.97 Å². The number of carbonyl (C=O) groups excluding carboxylic acids is 1. The minimum Gasteiger partial charge on any atom is -0.462 e. The number of carbonyl (C=O) groups is 1. The van der Waals surface area contributed by atoms with Gasteiger partial charge in [0.15, 0.2) is 0 Å². The molecule has 0 amide bonds. The highest BCUT2D eigenvalue weighted by molar-refractivity contribution is 7.00. The van der Waals surface area contributed by atoms with Crippen molar-refractivity contribution in [1.82, 2.24) is 0 Å². The van der Waals surface area contributed by atoms with E-state index in [1.807, 2.05) is 0 Å². The van der Waals surface area contributed by atoms with E-state index in [1.165, 1.54) is 20.7 Å². The lowest BCUT2D eigenvalue weighted by molar-refractivity contribution is -0.141. The molecule has 1 saturated heterocycles. The van der Waals surface area contributed by atoms with E-state index in [2.05, 4.69) is 182 Å². The predicted molar refractivity (Wildman–Crippen MR) is 224 cm³/mol. The summed E-state index contributed by atoms with van der Waals surface area (Å²) in [4.78, 5) is 12.8. The molecule has 53 heavy (non-hydrogen) atoms. The van der Waals surface area contributed by atoms with Crippen LogP contribution in [0.3, 0.4) is 0 Å². The van der Waals surface area contributed by atoms with Gasteiger partial charge in [0, 0.05) is 18.3 Å². The number of esters is 1. The summed E-state index contributed by atoms with van der Waals surface area (Å²) in [7, 11) is -5.66. The number of hydrogen-bond acceptors (Lipinski definition) is 4. The minimum absolute atomic E-state index is 0.0181. The van der Waals surface area contributed by atoms with Crippen LogP contribution < -0.4 is 20.7 Å². The molecule has 6 rings (SSSR count). The van der Waals surface area contributed by atoms with Gasteiger partial charge in [-0.05, 0) is 37.2 Å². The fourth-order valence-corrected chi connectivity index (χ4v) is 18.6. The van der Waals surface area contributed by atoms with Crippen LogP contribution in [0.1, 0.15) is 87.0 Å². The van der Waals surface area contributed by atoms with Gasteiger partial charge in [0.05, 0.1) is 18.6 Å². The monoisotopic (exact) mass is 744 g/mol. The minimum atomic E-state index is -2.85. The summed E-state index contributed by atoms with van der Waals surface area (Å²) in [6, 6.07) is 43.7. The van der Waals surface area contributed by atoms with Crippen molar-refractivity contribution >= 4 is 43.4 Å². The Morgan fingerprint density at radius 2 is 1.15 bits per heavy atom. The Morgan fingerprint density at radius 3 is 1.58 bits per heavy atom. The summed E-state index contributed by atoms with van der Waals surface area (Å²) < 4.78 is 21.6. The molecule has 2 aliphatic rings. The smallest absolute Gasteiger partial charge is 0.306 e. The number of rotatable bonds is 14. The summed E-state index contributed by atoms with van der Waals surface area (Å²) in [5, 5.41) is 4.82. The van der Waals surface area contributed by atoms with Crippen LogP contribution in [0.5, 0.6) is 0 Å². The zero-order valence-corrected chi connectivity index (χ0v) is 35.0. The highest BCUT2D eigenvalue weighted by Gasteiger charge is 2.57. The lowest BCUT2D eigenvalue weighted by Gasteiger charge is -2.46. The second-order valence-electron chi connectivity index (χ2n) is 17.2. The van der Waals surface area contributed by atoms with Crippen molar-refractivity contribution in [1.29, 1.82) is 0 Å². The lowest BCUT2D eigenvalue weighted by atomic mass is 9.91. The standard InChI is InChI=1S/C47H60O4Si2/c1-8-9-14-23-36(50-52(46(2,3)4,37-24-15-10-16-25-37)38-26-17-11-18-27-38)32-33-41-42-34-45(48)49-43(42)35-44(41)51-53(47(5,6)7,39-28-19-12-20-29-39)40-30-21-13-22-31-40/h10-13,15-22,24-33,36,41-44H,8-9,14,23,34-35H2,1-7H3/t36-,41?,42?,43?,44?/m0/s1. The molecular weight excluding hydrogens is 685 g/mol. The molecule has 0 bridgehead atoms. The largest absolute Gasteiger partial charge is 0.462 e. The average molecular weight is 745 g/mol. The molecule has 6 heteroatoms. The van der Waals surface area contributed by atoms with Gasteiger partial charge in [-0.1, -0.05) is 201 Å². The van der Waals surface area contributed by atoms with E-state index in [9.17, 15) is 4.79 Å². The fraction of sp³-hybridized carbons (Fsp3) is 0.426. The normalized spacial score (nSPS) is 21.5. The van der Waals surface area contributed by atoms with E-state index in [0.29, 0.717) is 12.8 Å². The average Bonchev–Trinajstić information content (AvgIpc) is 3.66. The van der Waals surface area contributed by atoms with Crippen molar-refractivity contribution in [3.63, 3.8) is 0 Å². The number of fused-ring (bicyclic) bond motifs is 1. The Kier molecular flexibility index (Phi) is 12.1. The third-order valence-corrected chi connectivity index (χ3v) is 21.8. The molecule has 1 aliphatic carbocycles. The second kappa shape index (κ2) is 16.4. The molecule has 1 saturated carbocycles. The SMILES string of the molecule is CCCCC[C@@H](C=CC1C(O[Si](c2ccccc2)(c2ccccc2)C(C)(C)C)CC2OC(=O)CC21)O[Si](c1ccccc1)(c1ccccc1)C(C)(C)C. The Balaban J connectivity index is 1.44. The lowest BCUT2D eigenvalue weighted by Crippen LogP contribution is -2.68. The van der Waals surface area contributed by atoms with Crippen LogP contribution in [0.25, 0.3) is 0 Å². The van der Waals surface area contributed by atoms with Gasteiger partial charge in [-0.3, -0.25) is 4.79 Å². The Hall–Kier alpha value is -3.56. The van der Waals surface area contributed by atoms with Crippen molar-refractivity contribution in [2.75, 3.05) is 0 Å². The zero-order valence-electron chi connectivity index (χ0n) is 33.0. The highest BCUT2D eigenvalue weighted by Crippen LogP contribution is 2.47. The number of benzene rings is 4. The first-order chi connectivity index (χ1) is 25.4. The van der Waals surface area contributed by atoms with Crippen LogP contribution in [0, 0.1) is 11.8 Å². The molecule has 1 aliphatic heterocycles. The molecule has 0 N–H and O–H groups in total. The maximum atomic E-state index is 12.8. The summed E-state index contributed by atoms with van der Waals surface area (Å²) in [6.07, 6.45) is 9.84. The molecule has 4 aromatic carbocycles. The van der Waals surface area contributed by atoms with E-state index in [1.54, 1.807) is 0 Å². The maximum Gasteiger partial charge on any atom is 0.306 e. The van der Waals surface area contributed by atoms with E-state index in [0.717, 1.165) is 25.7 Å². The van der Waals surface area contributed by atoms with Crippen LogP contribution in [-0.2, 0) is 18.4 Å².